The van der Waals surface area contributed by atoms with E-state index >= 15 is 0 Å². The maximum atomic E-state index is 13.5. The van der Waals surface area contributed by atoms with Gasteiger partial charge >= 0.3 is 0 Å². The molecule has 0 radical (unpaired) electrons. The fourth-order valence-electron chi connectivity index (χ4n) is 4.11. The first kappa shape index (κ1) is 18.0. The molecule has 1 amide bonds. The number of rotatable bonds is 3. The highest BCUT2D eigenvalue weighted by Crippen LogP contribution is 2.29. The summed E-state index contributed by atoms with van der Waals surface area (Å²) in [6.07, 6.45) is 0. The van der Waals surface area contributed by atoms with Crippen molar-refractivity contribution in [3.63, 3.8) is 0 Å². The molecule has 1 aliphatic rings. The van der Waals surface area contributed by atoms with E-state index in [9.17, 15) is 4.79 Å². The zero-order valence-corrected chi connectivity index (χ0v) is 16.9. The summed E-state index contributed by atoms with van der Waals surface area (Å²) in [5.41, 5.74) is 3.22. The average molecular weight is 399 g/mol. The molecule has 0 atom stereocenters. The van der Waals surface area contributed by atoms with E-state index in [2.05, 4.69) is 58.8 Å². The first-order valence-electron chi connectivity index (χ1n) is 9.92. The van der Waals surface area contributed by atoms with Crippen molar-refractivity contribution in [3.05, 3.63) is 100 Å². The number of para-hydroxylation sites is 1. The molecule has 1 aliphatic heterocycles. The normalized spacial score (nSPS) is 13.9. The summed E-state index contributed by atoms with van der Waals surface area (Å²) in [7, 11) is 0. The standard InChI is InChI=1S/C25H22N2OS/c28-25(23-12-5-9-19-7-1-3-11-22(19)23)27-15-14-26(18-21-10-6-16-29-21)24-13-4-2-8-20(24)17-27/h1-13,16H,14-15,17-18H2. The molecule has 0 unspecified atom stereocenters. The highest BCUT2D eigenvalue weighted by atomic mass is 32.1. The highest BCUT2D eigenvalue weighted by Gasteiger charge is 2.24. The van der Waals surface area contributed by atoms with Crippen molar-refractivity contribution in [1.29, 1.82) is 0 Å². The lowest BCUT2D eigenvalue weighted by atomic mass is 10.0. The molecule has 0 fully saturated rings. The number of amides is 1. The van der Waals surface area contributed by atoms with Crippen LogP contribution < -0.4 is 4.90 Å². The van der Waals surface area contributed by atoms with E-state index in [0.717, 1.165) is 29.4 Å². The maximum absolute atomic E-state index is 13.5. The molecular formula is C25H22N2OS. The number of nitrogens with zero attached hydrogens (tertiary/aromatic N) is 2. The van der Waals surface area contributed by atoms with Gasteiger partial charge in [-0.3, -0.25) is 4.79 Å². The first-order valence-corrected chi connectivity index (χ1v) is 10.8. The maximum Gasteiger partial charge on any atom is 0.254 e. The summed E-state index contributed by atoms with van der Waals surface area (Å²) in [6.45, 7) is 3.05. The second-order valence-corrected chi connectivity index (χ2v) is 8.42. The molecule has 4 aromatic rings. The Bertz CT molecular complexity index is 1150. The van der Waals surface area contributed by atoms with Crippen LogP contribution in [0.3, 0.4) is 0 Å². The molecule has 2 heterocycles. The lowest BCUT2D eigenvalue weighted by molar-refractivity contribution is 0.0753. The number of anilines is 1. The summed E-state index contributed by atoms with van der Waals surface area (Å²) in [5.74, 6) is 0.106. The van der Waals surface area contributed by atoms with Gasteiger partial charge in [0.25, 0.3) is 5.91 Å². The number of carbonyl (C=O) groups is 1. The Morgan fingerprint density at radius 2 is 1.69 bits per heavy atom. The molecule has 144 valence electrons. The van der Waals surface area contributed by atoms with Gasteiger partial charge in [-0.15, -0.1) is 11.3 Å². The molecule has 3 nitrogen and oxygen atoms in total. The first-order chi connectivity index (χ1) is 14.3. The van der Waals surface area contributed by atoms with Gasteiger partial charge < -0.3 is 9.80 Å². The van der Waals surface area contributed by atoms with Gasteiger partial charge in [0, 0.05) is 35.8 Å². The van der Waals surface area contributed by atoms with Crippen LogP contribution >= 0.6 is 11.3 Å². The Morgan fingerprint density at radius 1 is 0.862 bits per heavy atom. The van der Waals surface area contributed by atoms with Crippen LogP contribution in [-0.2, 0) is 13.1 Å². The molecular weight excluding hydrogens is 376 g/mol. The zero-order chi connectivity index (χ0) is 19.6. The average Bonchev–Trinajstić information content (AvgIpc) is 3.21. The van der Waals surface area contributed by atoms with Crippen molar-refractivity contribution in [2.75, 3.05) is 18.0 Å². The second kappa shape index (κ2) is 7.72. The lowest BCUT2D eigenvalue weighted by Crippen LogP contribution is -2.35. The van der Waals surface area contributed by atoms with Gasteiger partial charge in [0.05, 0.1) is 6.54 Å². The van der Waals surface area contributed by atoms with E-state index in [-0.39, 0.29) is 5.91 Å². The van der Waals surface area contributed by atoms with Crippen molar-refractivity contribution in [2.45, 2.75) is 13.1 Å². The molecule has 5 rings (SSSR count). The molecule has 0 spiro atoms. The van der Waals surface area contributed by atoms with Crippen LogP contribution in [0, 0.1) is 0 Å². The van der Waals surface area contributed by atoms with Gasteiger partial charge in [-0.25, -0.2) is 0 Å². The number of hydrogen-bond donors (Lipinski definition) is 0. The van der Waals surface area contributed by atoms with Gasteiger partial charge in [-0.2, -0.15) is 0 Å². The van der Waals surface area contributed by atoms with E-state index < -0.39 is 0 Å². The van der Waals surface area contributed by atoms with Crippen LogP contribution in [0.25, 0.3) is 10.8 Å². The Labute approximate surface area is 174 Å². The van der Waals surface area contributed by atoms with Gasteiger partial charge in [0.15, 0.2) is 0 Å². The van der Waals surface area contributed by atoms with E-state index in [0.29, 0.717) is 13.1 Å². The number of thiophene rings is 1. The third-order valence-corrected chi connectivity index (χ3v) is 6.43. The number of benzene rings is 3. The van der Waals surface area contributed by atoms with Gasteiger partial charge in [0.2, 0.25) is 0 Å². The van der Waals surface area contributed by atoms with Gasteiger partial charge in [-0.1, -0.05) is 60.7 Å². The predicted molar refractivity (Wildman–Crippen MR) is 120 cm³/mol. The molecule has 0 bridgehead atoms. The molecule has 0 saturated heterocycles. The predicted octanol–water partition coefficient (Wildman–Crippen LogP) is 5.56. The summed E-state index contributed by atoms with van der Waals surface area (Å²) < 4.78 is 0. The topological polar surface area (TPSA) is 23.6 Å². The van der Waals surface area contributed by atoms with Gasteiger partial charge in [-0.05, 0) is 39.9 Å². The summed E-state index contributed by atoms with van der Waals surface area (Å²) in [6, 6.07) is 26.8. The number of hydrogen-bond acceptors (Lipinski definition) is 3. The molecule has 29 heavy (non-hydrogen) atoms. The Hall–Kier alpha value is -3.11. The SMILES string of the molecule is O=C(c1cccc2ccccc12)N1CCN(Cc2cccs2)c2ccccc2C1. The third kappa shape index (κ3) is 3.52. The van der Waals surface area contributed by atoms with E-state index in [1.165, 1.54) is 16.1 Å². The van der Waals surface area contributed by atoms with Crippen LogP contribution in [0.15, 0.2) is 84.2 Å². The summed E-state index contributed by atoms with van der Waals surface area (Å²) in [4.78, 5) is 19.2. The molecule has 0 aliphatic carbocycles. The molecule has 0 saturated carbocycles. The molecule has 4 heteroatoms. The minimum atomic E-state index is 0.106. The van der Waals surface area contributed by atoms with Crippen molar-refractivity contribution in [3.8, 4) is 0 Å². The fourth-order valence-corrected chi connectivity index (χ4v) is 4.83. The van der Waals surface area contributed by atoms with Crippen LogP contribution in [0.5, 0.6) is 0 Å². The fraction of sp³-hybridized carbons (Fsp3) is 0.160. The lowest BCUT2D eigenvalue weighted by Gasteiger charge is -2.24. The van der Waals surface area contributed by atoms with E-state index in [1.54, 1.807) is 11.3 Å². The van der Waals surface area contributed by atoms with Crippen molar-refractivity contribution in [1.82, 2.24) is 4.90 Å². The minimum Gasteiger partial charge on any atom is -0.364 e. The Balaban J connectivity index is 1.47. The third-order valence-electron chi connectivity index (χ3n) is 5.57. The zero-order valence-electron chi connectivity index (χ0n) is 16.1. The van der Waals surface area contributed by atoms with Crippen molar-refractivity contribution in [2.24, 2.45) is 0 Å². The van der Waals surface area contributed by atoms with E-state index in [1.807, 2.05) is 35.2 Å². The monoisotopic (exact) mass is 398 g/mol. The van der Waals surface area contributed by atoms with Crippen LogP contribution in [0.2, 0.25) is 0 Å². The Kier molecular flexibility index (Phi) is 4.78. The second-order valence-electron chi connectivity index (χ2n) is 7.38. The number of carbonyl (C=O) groups excluding carboxylic acids is 1. The van der Waals surface area contributed by atoms with Crippen molar-refractivity contribution < 1.29 is 4.79 Å². The van der Waals surface area contributed by atoms with Crippen LogP contribution in [0.1, 0.15) is 20.8 Å². The van der Waals surface area contributed by atoms with Gasteiger partial charge in [0.1, 0.15) is 0 Å². The molecule has 3 aromatic carbocycles. The Morgan fingerprint density at radius 3 is 2.59 bits per heavy atom. The quantitative estimate of drug-likeness (QED) is 0.451. The minimum absolute atomic E-state index is 0.106. The highest BCUT2D eigenvalue weighted by molar-refractivity contribution is 7.09. The largest absolute Gasteiger partial charge is 0.364 e. The van der Waals surface area contributed by atoms with Crippen LogP contribution in [-0.4, -0.2) is 23.9 Å². The van der Waals surface area contributed by atoms with E-state index in [4.69, 9.17) is 0 Å². The summed E-state index contributed by atoms with van der Waals surface area (Å²) in [5, 5.41) is 4.25. The number of fused-ring (bicyclic) bond motifs is 2. The van der Waals surface area contributed by atoms with Crippen LogP contribution in [0.4, 0.5) is 5.69 Å². The molecule has 0 N–H and O–H groups in total. The molecule has 1 aromatic heterocycles. The van der Waals surface area contributed by atoms with Crippen molar-refractivity contribution >= 4 is 33.7 Å². The smallest absolute Gasteiger partial charge is 0.254 e. The summed E-state index contributed by atoms with van der Waals surface area (Å²) >= 11 is 1.78.